The van der Waals surface area contributed by atoms with Crippen LogP contribution < -0.4 is 5.32 Å². The number of hydrogen-bond acceptors (Lipinski definition) is 2. The predicted molar refractivity (Wildman–Crippen MR) is 88.9 cm³/mol. The Morgan fingerprint density at radius 1 is 1.00 bits per heavy atom. The van der Waals surface area contributed by atoms with Gasteiger partial charge in [0.1, 0.15) is 0 Å². The summed E-state index contributed by atoms with van der Waals surface area (Å²) in [6.45, 7) is 2.58. The Labute approximate surface area is 135 Å². The molecule has 0 radical (unpaired) electrons. The van der Waals surface area contributed by atoms with Crippen LogP contribution in [0.25, 0.3) is 0 Å². The third-order valence-corrected chi connectivity index (χ3v) is 3.96. The summed E-state index contributed by atoms with van der Waals surface area (Å²) in [5.74, 6) is 0. The fourth-order valence-electron chi connectivity index (χ4n) is 2.28. The fraction of sp³-hybridized carbons (Fsp3) is 0.294. The molecule has 0 aromatic heterocycles. The van der Waals surface area contributed by atoms with Gasteiger partial charge in [0.2, 0.25) is 0 Å². The molecule has 2 atom stereocenters. The van der Waals surface area contributed by atoms with Crippen LogP contribution in [-0.2, 0) is 0 Å². The van der Waals surface area contributed by atoms with Gasteiger partial charge in [-0.2, -0.15) is 0 Å². The standard InChI is InChI=1S/C17H19Cl2NO/c1-2-16(12-6-8-14(18)9-7-12)20-11-17(21)13-4-3-5-15(19)10-13/h3-10,16-17,20-21H,2,11H2,1H3. The minimum atomic E-state index is -0.579. The highest BCUT2D eigenvalue weighted by molar-refractivity contribution is 6.30. The molecule has 0 heterocycles. The summed E-state index contributed by atoms with van der Waals surface area (Å²) in [6, 6.07) is 15.3. The van der Waals surface area contributed by atoms with E-state index in [1.54, 1.807) is 12.1 Å². The number of rotatable bonds is 6. The van der Waals surface area contributed by atoms with Gasteiger partial charge in [0, 0.05) is 22.6 Å². The lowest BCUT2D eigenvalue weighted by molar-refractivity contribution is 0.169. The van der Waals surface area contributed by atoms with Crippen molar-refractivity contribution in [2.24, 2.45) is 0 Å². The van der Waals surface area contributed by atoms with Gasteiger partial charge in [0.15, 0.2) is 0 Å². The molecule has 0 bridgehead atoms. The van der Waals surface area contributed by atoms with Gasteiger partial charge in [0.25, 0.3) is 0 Å². The summed E-state index contributed by atoms with van der Waals surface area (Å²) in [5.41, 5.74) is 1.99. The molecular formula is C17H19Cl2NO. The third-order valence-electron chi connectivity index (χ3n) is 3.47. The Balaban J connectivity index is 1.98. The van der Waals surface area contributed by atoms with Crippen LogP contribution in [-0.4, -0.2) is 11.7 Å². The Bertz CT molecular complexity index is 571. The predicted octanol–water partition coefficient (Wildman–Crippen LogP) is 4.77. The maximum atomic E-state index is 10.2. The molecule has 0 aliphatic carbocycles. The molecule has 2 aromatic rings. The molecule has 0 saturated carbocycles. The zero-order valence-electron chi connectivity index (χ0n) is 11.9. The quantitative estimate of drug-likeness (QED) is 0.802. The van der Waals surface area contributed by atoms with Gasteiger partial charge in [-0.3, -0.25) is 0 Å². The van der Waals surface area contributed by atoms with Crippen molar-refractivity contribution < 1.29 is 5.11 Å². The zero-order chi connectivity index (χ0) is 15.2. The average Bonchev–Trinajstić information content (AvgIpc) is 2.49. The van der Waals surface area contributed by atoms with Crippen molar-refractivity contribution in [2.45, 2.75) is 25.5 Å². The number of aliphatic hydroxyl groups excluding tert-OH is 1. The summed E-state index contributed by atoms with van der Waals surface area (Å²) in [6.07, 6.45) is 0.356. The first-order chi connectivity index (χ1) is 10.1. The summed E-state index contributed by atoms with van der Waals surface area (Å²) in [7, 11) is 0. The van der Waals surface area contributed by atoms with Gasteiger partial charge in [-0.1, -0.05) is 54.4 Å². The molecule has 0 amide bonds. The molecule has 0 spiro atoms. The van der Waals surface area contributed by atoms with Gasteiger partial charge in [-0.25, -0.2) is 0 Å². The van der Waals surface area contributed by atoms with Crippen LogP contribution in [0.5, 0.6) is 0 Å². The van der Waals surface area contributed by atoms with Gasteiger partial charge < -0.3 is 10.4 Å². The number of halogens is 2. The minimum absolute atomic E-state index is 0.191. The van der Waals surface area contributed by atoms with E-state index in [1.807, 2.05) is 36.4 Å². The molecule has 0 fully saturated rings. The van der Waals surface area contributed by atoms with E-state index in [9.17, 15) is 5.11 Å². The molecule has 0 aliphatic heterocycles. The van der Waals surface area contributed by atoms with E-state index in [0.717, 1.165) is 17.0 Å². The number of benzene rings is 2. The molecule has 4 heteroatoms. The maximum absolute atomic E-state index is 10.2. The van der Waals surface area contributed by atoms with Crippen LogP contribution in [0.4, 0.5) is 0 Å². The van der Waals surface area contributed by atoms with Crippen LogP contribution in [0.15, 0.2) is 48.5 Å². The first kappa shape index (κ1) is 16.3. The van der Waals surface area contributed by atoms with Gasteiger partial charge in [0.05, 0.1) is 6.10 Å². The van der Waals surface area contributed by atoms with E-state index < -0.39 is 6.10 Å². The lowest BCUT2D eigenvalue weighted by Crippen LogP contribution is -2.26. The number of aliphatic hydroxyl groups is 1. The van der Waals surface area contributed by atoms with Crippen LogP contribution in [0.1, 0.15) is 36.6 Å². The molecule has 2 rings (SSSR count). The Morgan fingerprint density at radius 2 is 1.71 bits per heavy atom. The lowest BCUT2D eigenvalue weighted by atomic mass is 10.0. The fourth-order valence-corrected chi connectivity index (χ4v) is 2.60. The van der Waals surface area contributed by atoms with Gasteiger partial charge >= 0.3 is 0 Å². The molecule has 0 saturated heterocycles. The second-order valence-corrected chi connectivity index (χ2v) is 5.86. The van der Waals surface area contributed by atoms with Crippen molar-refractivity contribution in [1.82, 2.24) is 5.32 Å². The molecular weight excluding hydrogens is 305 g/mol. The Kier molecular flexibility index (Phi) is 6.07. The van der Waals surface area contributed by atoms with Crippen LogP contribution >= 0.6 is 23.2 Å². The van der Waals surface area contributed by atoms with Crippen LogP contribution in [0, 0.1) is 0 Å². The van der Waals surface area contributed by atoms with Crippen molar-refractivity contribution in [3.05, 3.63) is 69.7 Å². The van der Waals surface area contributed by atoms with Crippen molar-refractivity contribution in [3.8, 4) is 0 Å². The Morgan fingerprint density at radius 3 is 2.33 bits per heavy atom. The van der Waals surface area contributed by atoms with E-state index in [0.29, 0.717) is 11.6 Å². The third kappa shape index (κ3) is 4.72. The van der Waals surface area contributed by atoms with Crippen LogP contribution in [0.3, 0.4) is 0 Å². The topological polar surface area (TPSA) is 32.3 Å². The van der Waals surface area contributed by atoms with E-state index in [1.165, 1.54) is 5.56 Å². The van der Waals surface area contributed by atoms with E-state index in [4.69, 9.17) is 23.2 Å². The van der Waals surface area contributed by atoms with E-state index in [2.05, 4.69) is 12.2 Å². The normalized spacial score (nSPS) is 13.9. The van der Waals surface area contributed by atoms with Crippen LogP contribution in [0.2, 0.25) is 10.0 Å². The smallest absolute Gasteiger partial charge is 0.0915 e. The summed E-state index contributed by atoms with van der Waals surface area (Å²) in [4.78, 5) is 0. The highest BCUT2D eigenvalue weighted by Crippen LogP contribution is 2.21. The molecule has 21 heavy (non-hydrogen) atoms. The van der Waals surface area contributed by atoms with E-state index >= 15 is 0 Å². The highest BCUT2D eigenvalue weighted by Gasteiger charge is 2.13. The monoisotopic (exact) mass is 323 g/mol. The summed E-state index contributed by atoms with van der Waals surface area (Å²) >= 11 is 11.9. The zero-order valence-corrected chi connectivity index (χ0v) is 13.4. The largest absolute Gasteiger partial charge is 0.387 e. The summed E-state index contributed by atoms with van der Waals surface area (Å²) in [5, 5.41) is 15.0. The van der Waals surface area contributed by atoms with Crippen molar-refractivity contribution in [1.29, 1.82) is 0 Å². The van der Waals surface area contributed by atoms with E-state index in [-0.39, 0.29) is 6.04 Å². The van der Waals surface area contributed by atoms with Crippen molar-refractivity contribution in [2.75, 3.05) is 6.54 Å². The molecule has 0 aliphatic rings. The van der Waals surface area contributed by atoms with Gasteiger partial charge in [-0.05, 0) is 41.8 Å². The molecule has 2 unspecified atom stereocenters. The minimum Gasteiger partial charge on any atom is -0.387 e. The average molecular weight is 324 g/mol. The molecule has 2 aromatic carbocycles. The Hall–Kier alpha value is -1.06. The number of nitrogens with one attached hydrogen (secondary N) is 1. The molecule has 112 valence electrons. The molecule has 2 N–H and O–H groups in total. The van der Waals surface area contributed by atoms with Gasteiger partial charge in [-0.15, -0.1) is 0 Å². The second kappa shape index (κ2) is 7.81. The number of hydrogen-bond donors (Lipinski definition) is 2. The first-order valence-electron chi connectivity index (χ1n) is 7.02. The SMILES string of the molecule is CCC(NCC(O)c1cccc(Cl)c1)c1ccc(Cl)cc1. The summed E-state index contributed by atoms with van der Waals surface area (Å²) < 4.78 is 0. The molecule has 2 nitrogen and oxygen atoms in total. The highest BCUT2D eigenvalue weighted by atomic mass is 35.5. The first-order valence-corrected chi connectivity index (χ1v) is 7.78. The maximum Gasteiger partial charge on any atom is 0.0915 e. The second-order valence-electron chi connectivity index (χ2n) is 4.99. The van der Waals surface area contributed by atoms with Crippen molar-refractivity contribution in [3.63, 3.8) is 0 Å². The lowest BCUT2D eigenvalue weighted by Gasteiger charge is -2.20. The van der Waals surface area contributed by atoms with Crippen molar-refractivity contribution >= 4 is 23.2 Å².